The monoisotopic (exact) mass is 284 g/mol. The van der Waals surface area contributed by atoms with E-state index in [4.69, 9.17) is 5.11 Å². The van der Waals surface area contributed by atoms with Gasteiger partial charge < -0.3 is 10.4 Å². The van der Waals surface area contributed by atoms with Gasteiger partial charge in [-0.2, -0.15) is 0 Å². The van der Waals surface area contributed by atoms with Crippen molar-refractivity contribution in [3.63, 3.8) is 0 Å². The molecule has 1 heterocycles. The summed E-state index contributed by atoms with van der Waals surface area (Å²) >= 11 is 0. The van der Waals surface area contributed by atoms with Crippen LogP contribution < -0.4 is 5.32 Å². The molecule has 0 aromatic carbocycles. The summed E-state index contributed by atoms with van der Waals surface area (Å²) in [5.74, 6) is -0.357. The largest absolute Gasteiger partial charge is 0.481 e. The van der Waals surface area contributed by atoms with Crippen LogP contribution in [0, 0.1) is 11.8 Å². The molecule has 1 amide bonds. The van der Waals surface area contributed by atoms with Crippen LogP contribution >= 0.6 is 0 Å². The van der Waals surface area contributed by atoms with Crippen molar-refractivity contribution in [3.05, 3.63) is 0 Å². The van der Waals surface area contributed by atoms with Gasteiger partial charge in [0.1, 0.15) is 0 Å². The first-order valence-corrected chi connectivity index (χ1v) is 7.63. The zero-order chi connectivity index (χ0) is 15.1. The third kappa shape index (κ3) is 6.37. The summed E-state index contributed by atoms with van der Waals surface area (Å²) in [6.07, 6.45) is 3.96. The molecule has 0 radical (unpaired) electrons. The smallest absolute Gasteiger partial charge is 0.307 e. The molecule has 0 aromatic heterocycles. The highest BCUT2D eigenvalue weighted by molar-refractivity contribution is 5.78. The fourth-order valence-corrected chi connectivity index (χ4v) is 2.61. The van der Waals surface area contributed by atoms with E-state index in [9.17, 15) is 9.59 Å². The number of likely N-dealkylation sites (tertiary alicyclic amines) is 1. The summed E-state index contributed by atoms with van der Waals surface area (Å²) in [5.41, 5.74) is 0. The second-order valence-corrected chi connectivity index (χ2v) is 6.35. The Hall–Kier alpha value is -1.10. The highest BCUT2D eigenvalue weighted by atomic mass is 16.4. The first-order chi connectivity index (χ1) is 9.38. The molecule has 0 saturated carbocycles. The number of carboxylic acid groups (broad SMARTS) is 1. The number of hydrogen-bond acceptors (Lipinski definition) is 3. The van der Waals surface area contributed by atoms with Gasteiger partial charge >= 0.3 is 5.97 Å². The molecule has 1 saturated heterocycles. The Labute approximate surface area is 121 Å². The molecule has 2 N–H and O–H groups in total. The van der Waals surface area contributed by atoms with Gasteiger partial charge in [-0.25, -0.2) is 0 Å². The predicted octanol–water partition coefficient (Wildman–Crippen LogP) is 1.72. The van der Waals surface area contributed by atoms with Gasteiger partial charge in [0.05, 0.1) is 12.5 Å². The van der Waals surface area contributed by atoms with Crippen molar-refractivity contribution in [2.75, 3.05) is 19.6 Å². The highest BCUT2D eigenvalue weighted by Crippen LogP contribution is 2.15. The molecule has 0 bridgehead atoms. The van der Waals surface area contributed by atoms with Gasteiger partial charge in [-0.1, -0.05) is 26.7 Å². The summed E-state index contributed by atoms with van der Waals surface area (Å²) in [6, 6.07) is 0.194. The van der Waals surface area contributed by atoms with E-state index in [2.05, 4.69) is 19.2 Å². The fourth-order valence-electron chi connectivity index (χ4n) is 2.61. The first-order valence-electron chi connectivity index (χ1n) is 7.63. The highest BCUT2D eigenvalue weighted by Gasteiger charge is 2.28. The van der Waals surface area contributed by atoms with E-state index in [0.29, 0.717) is 32.0 Å². The number of nitrogens with one attached hydrogen (secondary N) is 1. The molecule has 5 heteroatoms. The number of rotatable bonds is 8. The Morgan fingerprint density at radius 1 is 1.30 bits per heavy atom. The van der Waals surface area contributed by atoms with Gasteiger partial charge in [0.2, 0.25) is 5.91 Å². The van der Waals surface area contributed by atoms with Crippen molar-refractivity contribution in [3.8, 4) is 0 Å². The lowest BCUT2D eigenvalue weighted by Crippen LogP contribution is -2.40. The molecule has 0 aliphatic carbocycles. The molecule has 2 atom stereocenters. The summed E-state index contributed by atoms with van der Waals surface area (Å²) in [6.45, 7) is 7.95. The molecule has 2 unspecified atom stereocenters. The number of aliphatic carboxylic acids is 1. The summed E-state index contributed by atoms with van der Waals surface area (Å²) in [7, 11) is 0. The molecule has 0 spiro atoms. The minimum atomic E-state index is -0.755. The molecule has 1 fully saturated rings. The van der Waals surface area contributed by atoms with Crippen molar-refractivity contribution in [2.45, 2.75) is 52.5 Å². The van der Waals surface area contributed by atoms with Crippen molar-refractivity contribution < 1.29 is 14.7 Å². The standard InChI is InChI=1S/C15H28N2O3/c1-11(2)5-4-6-12(3)16-14(18)10-17-8-7-13(9-17)15(19)20/h11-13H,4-10H2,1-3H3,(H,16,18)(H,19,20). The Morgan fingerprint density at radius 2 is 2.00 bits per heavy atom. The molecular formula is C15H28N2O3. The Bertz CT molecular complexity index is 331. The zero-order valence-corrected chi connectivity index (χ0v) is 12.9. The lowest BCUT2D eigenvalue weighted by Gasteiger charge is -2.18. The minimum Gasteiger partial charge on any atom is -0.481 e. The van der Waals surface area contributed by atoms with Gasteiger partial charge in [-0.15, -0.1) is 0 Å². The normalized spacial score (nSPS) is 21.1. The van der Waals surface area contributed by atoms with Crippen molar-refractivity contribution in [1.82, 2.24) is 10.2 Å². The number of carboxylic acids is 1. The average Bonchev–Trinajstić information content (AvgIpc) is 2.76. The van der Waals surface area contributed by atoms with Gasteiger partial charge in [0.25, 0.3) is 0 Å². The summed E-state index contributed by atoms with van der Waals surface area (Å²) in [5, 5.41) is 11.9. The van der Waals surface area contributed by atoms with Crippen LogP contribution in [0.15, 0.2) is 0 Å². The predicted molar refractivity (Wildman–Crippen MR) is 78.5 cm³/mol. The fraction of sp³-hybridized carbons (Fsp3) is 0.867. The van der Waals surface area contributed by atoms with Crippen LogP contribution in [0.1, 0.15) is 46.5 Å². The van der Waals surface area contributed by atoms with Crippen LogP contribution in [-0.2, 0) is 9.59 Å². The molecule has 116 valence electrons. The third-order valence-electron chi connectivity index (χ3n) is 3.81. The van der Waals surface area contributed by atoms with E-state index < -0.39 is 5.97 Å². The van der Waals surface area contributed by atoms with Crippen LogP contribution in [0.2, 0.25) is 0 Å². The topological polar surface area (TPSA) is 69.6 Å². The van der Waals surface area contributed by atoms with Crippen LogP contribution in [0.25, 0.3) is 0 Å². The Morgan fingerprint density at radius 3 is 2.55 bits per heavy atom. The van der Waals surface area contributed by atoms with Crippen LogP contribution in [0.4, 0.5) is 0 Å². The van der Waals surface area contributed by atoms with E-state index in [0.717, 1.165) is 12.8 Å². The quantitative estimate of drug-likeness (QED) is 0.712. The lowest BCUT2D eigenvalue weighted by molar-refractivity contribution is -0.141. The molecule has 1 aliphatic rings. The van der Waals surface area contributed by atoms with E-state index in [-0.39, 0.29) is 17.9 Å². The van der Waals surface area contributed by atoms with Crippen molar-refractivity contribution in [2.24, 2.45) is 11.8 Å². The maximum absolute atomic E-state index is 11.9. The van der Waals surface area contributed by atoms with Gasteiger partial charge in [-0.3, -0.25) is 14.5 Å². The van der Waals surface area contributed by atoms with E-state index in [1.54, 1.807) is 0 Å². The van der Waals surface area contributed by atoms with Gasteiger partial charge in [-0.05, 0) is 32.2 Å². The van der Waals surface area contributed by atoms with Gasteiger partial charge in [0, 0.05) is 12.6 Å². The van der Waals surface area contributed by atoms with E-state index in [1.165, 1.54) is 6.42 Å². The molecule has 1 aliphatic heterocycles. The Balaban J connectivity index is 2.18. The lowest BCUT2D eigenvalue weighted by atomic mass is 10.0. The first kappa shape index (κ1) is 17.0. The second kappa shape index (κ2) is 8.25. The minimum absolute atomic E-state index is 0.00749. The summed E-state index contributed by atoms with van der Waals surface area (Å²) < 4.78 is 0. The zero-order valence-electron chi connectivity index (χ0n) is 12.9. The number of hydrogen-bond donors (Lipinski definition) is 2. The Kier molecular flexibility index (Phi) is 6.99. The van der Waals surface area contributed by atoms with Crippen LogP contribution in [-0.4, -0.2) is 47.6 Å². The molecule has 0 aromatic rings. The SMILES string of the molecule is CC(C)CCCC(C)NC(=O)CN1CCC(C(=O)O)C1. The second-order valence-electron chi connectivity index (χ2n) is 6.35. The number of carbonyl (C=O) groups is 2. The van der Waals surface area contributed by atoms with Crippen LogP contribution in [0.5, 0.6) is 0 Å². The maximum atomic E-state index is 11.9. The summed E-state index contributed by atoms with van der Waals surface area (Å²) in [4.78, 5) is 24.7. The van der Waals surface area contributed by atoms with E-state index >= 15 is 0 Å². The van der Waals surface area contributed by atoms with Gasteiger partial charge in [0.15, 0.2) is 0 Å². The van der Waals surface area contributed by atoms with Crippen molar-refractivity contribution >= 4 is 11.9 Å². The average molecular weight is 284 g/mol. The van der Waals surface area contributed by atoms with Crippen LogP contribution in [0.3, 0.4) is 0 Å². The van der Waals surface area contributed by atoms with Crippen molar-refractivity contribution in [1.29, 1.82) is 0 Å². The molecule has 20 heavy (non-hydrogen) atoms. The number of carbonyl (C=O) groups excluding carboxylic acids is 1. The molecular weight excluding hydrogens is 256 g/mol. The molecule has 1 rings (SSSR count). The maximum Gasteiger partial charge on any atom is 0.307 e. The number of amides is 1. The molecule has 5 nitrogen and oxygen atoms in total. The third-order valence-corrected chi connectivity index (χ3v) is 3.81. The number of nitrogens with zero attached hydrogens (tertiary/aromatic N) is 1. The van der Waals surface area contributed by atoms with E-state index in [1.807, 2.05) is 11.8 Å².